The van der Waals surface area contributed by atoms with Crippen LogP contribution in [0, 0.1) is 6.92 Å². The van der Waals surface area contributed by atoms with Gasteiger partial charge in [-0.1, -0.05) is 32.6 Å². The molecule has 0 bridgehead atoms. The minimum absolute atomic E-state index is 0.0614. The zero-order valence-electron chi connectivity index (χ0n) is 11.4. The Morgan fingerprint density at radius 1 is 1.33 bits per heavy atom. The molecule has 0 aliphatic carbocycles. The summed E-state index contributed by atoms with van der Waals surface area (Å²) in [5.41, 5.74) is 2.89. The monoisotopic (exact) mass is 269 g/mol. The van der Waals surface area contributed by atoms with E-state index in [0.29, 0.717) is 13.0 Å². The largest absolute Gasteiger partial charge is 0.465 e. The lowest BCUT2D eigenvalue weighted by Crippen LogP contribution is -2.07. The van der Waals surface area contributed by atoms with E-state index in [4.69, 9.17) is 4.74 Å². The highest BCUT2D eigenvalue weighted by molar-refractivity contribution is 7.09. The van der Waals surface area contributed by atoms with E-state index < -0.39 is 0 Å². The fourth-order valence-corrected chi connectivity index (χ4v) is 2.53. The van der Waals surface area contributed by atoms with Crippen LogP contribution in [0.15, 0.2) is 5.51 Å². The third-order valence-corrected chi connectivity index (χ3v) is 3.92. The number of aryl methyl sites for hydroxylation is 1. The highest BCUT2D eigenvalue weighted by Crippen LogP contribution is 2.13. The molecule has 18 heavy (non-hydrogen) atoms. The van der Waals surface area contributed by atoms with Crippen molar-refractivity contribution in [1.29, 1.82) is 0 Å². The predicted molar refractivity (Wildman–Crippen MR) is 74.9 cm³/mol. The van der Waals surface area contributed by atoms with Gasteiger partial charge in [0.05, 0.1) is 17.8 Å². The van der Waals surface area contributed by atoms with Crippen LogP contribution in [0.25, 0.3) is 0 Å². The Morgan fingerprint density at radius 2 is 2.11 bits per heavy atom. The summed E-state index contributed by atoms with van der Waals surface area (Å²) in [4.78, 5) is 16.8. The Labute approximate surface area is 114 Å². The molecule has 102 valence electrons. The maximum atomic E-state index is 11.5. The maximum Gasteiger partial charge on any atom is 0.305 e. The molecule has 3 nitrogen and oxygen atoms in total. The van der Waals surface area contributed by atoms with Gasteiger partial charge in [-0.15, -0.1) is 11.3 Å². The van der Waals surface area contributed by atoms with Crippen molar-refractivity contribution in [2.24, 2.45) is 0 Å². The van der Waals surface area contributed by atoms with Gasteiger partial charge in [-0.25, -0.2) is 4.98 Å². The molecule has 0 N–H and O–H groups in total. The Balaban J connectivity index is 2.02. The van der Waals surface area contributed by atoms with Crippen molar-refractivity contribution in [1.82, 2.24) is 4.98 Å². The van der Waals surface area contributed by atoms with E-state index in [-0.39, 0.29) is 5.97 Å². The highest BCUT2D eigenvalue weighted by Gasteiger charge is 2.05. The summed E-state index contributed by atoms with van der Waals surface area (Å²) >= 11 is 1.63. The summed E-state index contributed by atoms with van der Waals surface area (Å²) in [5, 5.41) is 0. The lowest BCUT2D eigenvalue weighted by Gasteiger charge is -2.04. The van der Waals surface area contributed by atoms with E-state index in [9.17, 15) is 4.79 Å². The third kappa shape index (κ3) is 6.15. The molecule has 0 aromatic carbocycles. The average molecular weight is 269 g/mol. The minimum atomic E-state index is -0.0614. The molecule has 0 saturated carbocycles. The number of hydrogen-bond donors (Lipinski definition) is 0. The Morgan fingerprint density at radius 3 is 2.78 bits per heavy atom. The van der Waals surface area contributed by atoms with Gasteiger partial charge in [-0.05, 0) is 13.3 Å². The quantitative estimate of drug-likeness (QED) is 0.504. The van der Waals surface area contributed by atoms with Crippen LogP contribution in [-0.2, 0) is 16.0 Å². The van der Waals surface area contributed by atoms with E-state index in [1.165, 1.54) is 24.1 Å². The molecule has 1 rings (SSSR count). The molecule has 0 amide bonds. The SMILES string of the molecule is CCCCCCCC(=O)OCCc1scnc1C. The summed E-state index contributed by atoms with van der Waals surface area (Å²) in [6, 6.07) is 0. The number of esters is 1. The number of hydrogen-bond acceptors (Lipinski definition) is 4. The number of rotatable bonds is 9. The van der Waals surface area contributed by atoms with Gasteiger partial charge >= 0.3 is 5.97 Å². The predicted octanol–water partition coefficient (Wildman–Crippen LogP) is 3.90. The maximum absolute atomic E-state index is 11.5. The molecule has 4 heteroatoms. The number of aromatic nitrogens is 1. The minimum Gasteiger partial charge on any atom is -0.465 e. The molecular formula is C14H23NO2S. The number of unbranched alkanes of at least 4 members (excludes halogenated alkanes) is 4. The Bertz CT molecular complexity index is 349. The standard InChI is InChI=1S/C14H23NO2S/c1-3-4-5-6-7-8-14(16)17-10-9-13-12(2)15-11-18-13/h11H,3-10H2,1-2H3. The lowest BCUT2D eigenvalue weighted by molar-refractivity contribution is -0.143. The molecule has 0 saturated heterocycles. The van der Waals surface area contributed by atoms with E-state index >= 15 is 0 Å². The first kappa shape index (κ1) is 15.2. The number of carbonyl (C=O) groups is 1. The number of ether oxygens (including phenoxy) is 1. The topological polar surface area (TPSA) is 39.2 Å². The summed E-state index contributed by atoms with van der Waals surface area (Å²) in [6.45, 7) is 4.66. The molecule has 0 fully saturated rings. The molecule has 1 aromatic rings. The van der Waals surface area contributed by atoms with Crippen LogP contribution in [0.4, 0.5) is 0 Å². The molecule has 0 atom stereocenters. The fourth-order valence-electron chi connectivity index (χ4n) is 1.77. The smallest absolute Gasteiger partial charge is 0.305 e. The van der Waals surface area contributed by atoms with Gasteiger partial charge in [0.1, 0.15) is 0 Å². The lowest BCUT2D eigenvalue weighted by atomic mass is 10.1. The van der Waals surface area contributed by atoms with Crippen LogP contribution in [0.5, 0.6) is 0 Å². The van der Waals surface area contributed by atoms with Crippen molar-refractivity contribution in [3.8, 4) is 0 Å². The van der Waals surface area contributed by atoms with Crippen LogP contribution < -0.4 is 0 Å². The number of carbonyl (C=O) groups excluding carboxylic acids is 1. The van der Waals surface area contributed by atoms with E-state index in [0.717, 1.165) is 25.0 Å². The Kier molecular flexibility index (Phi) is 7.65. The van der Waals surface area contributed by atoms with Crippen molar-refractivity contribution >= 4 is 17.3 Å². The third-order valence-electron chi connectivity index (χ3n) is 2.92. The van der Waals surface area contributed by atoms with Crippen molar-refractivity contribution in [2.45, 2.75) is 58.8 Å². The van der Waals surface area contributed by atoms with Gasteiger partial charge in [0.2, 0.25) is 0 Å². The molecule has 0 spiro atoms. The molecule has 1 aromatic heterocycles. The molecular weight excluding hydrogens is 246 g/mol. The van der Waals surface area contributed by atoms with Gasteiger partial charge < -0.3 is 4.74 Å². The van der Waals surface area contributed by atoms with Crippen LogP contribution in [-0.4, -0.2) is 17.6 Å². The van der Waals surface area contributed by atoms with Gasteiger partial charge in [0, 0.05) is 17.7 Å². The number of nitrogens with zero attached hydrogens (tertiary/aromatic N) is 1. The molecule has 0 radical (unpaired) electrons. The van der Waals surface area contributed by atoms with Crippen LogP contribution >= 0.6 is 11.3 Å². The summed E-state index contributed by atoms with van der Waals surface area (Å²) in [6.07, 6.45) is 7.17. The molecule has 0 aliphatic heterocycles. The highest BCUT2D eigenvalue weighted by atomic mass is 32.1. The second kappa shape index (κ2) is 9.09. The van der Waals surface area contributed by atoms with E-state index in [1.54, 1.807) is 11.3 Å². The summed E-state index contributed by atoms with van der Waals surface area (Å²) in [7, 11) is 0. The molecule has 0 unspecified atom stereocenters. The first-order valence-electron chi connectivity index (χ1n) is 6.78. The van der Waals surface area contributed by atoms with Crippen molar-refractivity contribution in [2.75, 3.05) is 6.61 Å². The first-order valence-corrected chi connectivity index (χ1v) is 7.66. The van der Waals surface area contributed by atoms with Crippen molar-refractivity contribution in [3.63, 3.8) is 0 Å². The number of thiazole rings is 1. The zero-order valence-corrected chi connectivity index (χ0v) is 12.2. The second-order valence-corrected chi connectivity index (χ2v) is 5.43. The normalized spacial score (nSPS) is 10.6. The molecule has 0 aliphatic rings. The van der Waals surface area contributed by atoms with Gasteiger partial charge in [0.25, 0.3) is 0 Å². The fraction of sp³-hybridized carbons (Fsp3) is 0.714. The van der Waals surface area contributed by atoms with Crippen LogP contribution in [0.1, 0.15) is 56.0 Å². The second-order valence-electron chi connectivity index (χ2n) is 4.50. The summed E-state index contributed by atoms with van der Waals surface area (Å²) < 4.78 is 5.22. The van der Waals surface area contributed by atoms with Crippen LogP contribution in [0.3, 0.4) is 0 Å². The van der Waals surface area contributed by atoms with Gasteiger partial charge in [0.15, 0.2) is 0 Å². The molecule has 1 heterocycles. The van der Waals surface area contributed by atoms with Crippen molar-refractivity contribution < 1.29 is 9.53 Å². The zero-order chi connectivity index (χ0) is 13.2. The Hall–Kier alpha value is -0.900. The van der Waals surface area contributed by atoms with Crippen LogP contribution in [0.2, 0.25) is 0 Å². The van der Waals surface area contributed by atoms with Gasteiger partial charge in [-0.2, -0.15) is 0 Å². The average Bonchev–Trinajstić information content (AvgIpc) is 2.75. The summed E-state index contributed by atoms with van der Waals surface area (Å²) in [5.74, 6) is -0.0614. The van der Waals surface area contributed by atoms with E-state index in [2.05, 4.69) is 11.9 Å². The van der Waals surface area contributed by atoms with Crippen molar-refractivity contribution in [3.05, 3.63) is 16.1 Å². The van der Waals surface area contributed by atoms with Gasteiger partial charge in [-0.3, -0.25) is 4.79 Å². The van der Waals surface area contributed by atoms with E-state index in [1.807, 2.05) is 12.4 Å². The first-order chi connectivity index (χ1) is 8.74.